The van der Waals surface area contributed by atoms with Crippen molar-refractivity contribution in [3.05, 3.63) is 39.8 Å². The van der Waals surface area contributed by atoms with E-state index in [1.807, 2.05) is 0 Å². The Morgan fingerprint density at radius 1 is 1.53 bits per heavy atom. The molecule has 1 amide bonds. The SMILES string of the molecule is NC(=O)c1cnn(Cc2ccsc2C(=O)O)c1. The van der Waals surface area contributed by atoms with E-state index in [9.17, 15) is 9.59 Å². The number of hydrogen-bond acceptors (Lipinski definition) is 4. The van der Waals surface area contributed by atoms with Crippen LogP contribution in [0.2, 0.25) is 0 Å². The van der Waals surface area contributed by atoms with Gasteiger partial charge < -0.3 is 10.8 Å². The van der Waals surface area contributed by atoms with Crippen LogP contribution in [0.1, 0.15) is 25.6 Å². The van der Waals surface area contributed by atoms with Crippen molar-refractivity contribution >= 4 is 23.2 Å². The second-order valence-corrected chi connectivity index (χ2v) is 4.29. The van der Waals surface area contributed by atoms with E-state index in [0.717, 1.165) is 11.3 Å². The van der Waals surface area contributed by atoms with Gasteiger partial charge in [0.2, 0.25) is 0 Å². The molecule has 7 heteroatoms. The molecule has 0 aromatic carbocycles. The van der Waals surface area contributed by atoms with Gasteiger partial charge >= 0.3 is 5.97 Å². The fourth-order valence-corrected chi connectivity index (χ4v) is 2.15. The number of nitrogens with zero attached hydrogens (tertiary/aromatic N) is 2. The van der Waals surface area contributed by atoms with Crippen LogP contribution in [0.4, 0.5) is 0 Å². The number of rotatable bonds is 4. The van der Waals surface area contributed by atoms with E-state index in [4.69, 9.17) is 10.8 Å². The zero-order valence-electron chi connectivity index (χ0n) is 8.66. The number of carbonyl (C=O) groups excluding carboxylic acids is 1. The highest BCUT2D eigenvalue weighted by molar-refractivity contribution is 7.12. The molecule has 0 atom stereocenters. The number of carboxylic acids is 1. The summed E-state index contributed by atoms with van der Waals surface area (Å²) in [5, 5.41) is 14.6. The van der Waals surface area contributed by atoms with Crippen molar-refractivity contribution in [3.63, 3.8) is 0 Å². The standard InChI is InChI=1S/C10H9N3O3S/c11-9(14)7-3-12-13(5-7)4-6-1-2-17-8(6)10(15)16/h1-3,5H,4H2,(H2,11,14)(H,15,16). The Kier molecular flexibility index (Phi) is 2.92. The second-order valence-electron chi connectivity index (χ2n) is 3.37. The Hall–Kier alpha value is -2.15. The molecule has 6 nitrogen and oxygen atoms in total. The van der Waals surface area contributed by atoms with E-state index in [-0.39, 0.29) is 4.88 Å². The molecule has 88 valence electrons. The largest absolute Gasteiger partial charge is 0.477 e. The first-order chi connectivity index (χ1) is 8.08. The van der Waals surface area contributed by atoms with Crippen LogP contribution in [0.3, 0.4) is 0 Å². The van der Waals surface area contributed by atoms with Crippen molar-refractivity contribution in [3.8, 4) is 0 Å². The summed E-state index contributed by atoms with van der Waals surface area (Å²) in [4.78, 5) is 22.0. The monoisotopic (exact) mass is 251 g/mol. The fourth-order valence-electron chi connectivity index (χ4n) is 1.40. The van der Waals surface area contributed by atoms with E-state index in [1.54, 1.807) is 11.4 Å². The first-order valence-corrected chi connectivity index (χ1v) is 5.58. The summed E-state index contributed by atoms with van der Waals surface area (Å²) in [5.41, 5.74) is 6.05. The summed E-state index contributed by atoms with van der Waals surface area (Å²) < 4.78 is 1.48. The van der Waals surface area contributed by atoms with E-state index >= 15 is 0 Å². The molecule has 0 aliphatic heterocycles. The van der Waals surface area contributed by atoms with Crippen molar-refractivity contribution in [2.45, 2.75) is 6.54 Å². The van der Waals surface area contributed by atoms with Crippen LogP contribution in [0.25, 0.3) is 0 Å². The number of thiophene rings is 1. The van der Waals surface area contributed by atoms with Gasteiger partial charge in [0.15, 0.2) is 0 Å². The molecule has 0 aliphatic carbocycles. The van der Waals surface area contributed by atoms with Crippen LogP contribution in [0, 0.1) is 0 Å². The summed E-state index contributed by atoms with van der Waals surface area (Å²) in [6.45, 7) is 0.304. The molecule has 0 saturated heterocycles. The zero-order valence-corrected chi connectivity index (χ0v) is 9.48. The van der Waals surface area contributed by atoms with E-state index in [1.165, 1.54) is 17.1 Å². The van der Waals surface area contributed by atoms with Crippen molar-refractivity contribution < 1.29 is 14.7 Å². The Balaban J connectivity index is 2.22. The molecule has 0 spiro atoms. The van der Waals surface area contributed by atoms with Crippen LogP contribution in [0.15, 0.2) is 23.8 Å². The van der Waals surface area contributed by atoms with Gasteiger partial charge in [-0.05, 0) is 17.0 Å². The molecule has 0 bridgehead atoms. The minimum absolute atomic E-state index is 0.279. The van der Waals surface area contributed by atoms with Crippen molar-refractivity contribution in [2.75, 3.05) is 0 Å². The van der Waals surface area contributed by atoms with Gasteiger partial charge in [-0.15, -0.1) is 11.3 Å². The number of amides is 1. The summed E-state index contributed by atoms with van der Waals surface area (Å²) in [6.07, 6.45) is 2.85. The highest BCUT2D eigenvalue weighted by atomic mass is 32.1. The lowest BCUT2D eigenvalue weighted by molar-refractivity contribution is 0.0700. The van der Waals surface area contributed by atoms with Crippen molar-refractivity contribution in [2.24, 2.45) is 5.73 Å². The third-order valence-corrected chi connectivity index (χ3v) is 3.14. The number of aromatic carboxylic acids is 1. The van der Waals surface area contributed by atoms with Crippen LogP contribution < -0.4 is 5.73 Å². The minimum Gasteiger partial charge on any atom is -0.477 e. The number of hydrogen-bond donors (Lipinski definition) is 2. The van der Waals surface area contributed by atoms with Gasteiger partial charge in [0.05, 0.1) is 18.3 Å². The van der Waals surface area contributed by atoms with Crippen molar-refractivity contribution in [1.82, 2.24) is 9.78 Å². The smallest absolute Gasteiger partial charge is 0.346 e. The topological polar surface area (TPSA) is 98.2 Å². The molecule has 0 saturated carbocycles. The van der Waals surface area contributed by atoms with Gasteiger partial charge in [-0.25, -0.2) is 4.79 Å². The molecule has 0 unspecified atom stereocenters. The van der Waals surface area contributed by atoms with Gasteiger partial charge in [0.25, 0.3) is 5.91 Å². The third kappa shape index (κ3) is 2.34. The summed E-state index contributed by atoms with van der Waals surface area (Å²) in [6, 6.07) is 1.72. The maximum Gasteiger partial charge on any atom is 0.346 e. The Morgan fingerprint density at radius 2 is 2.29 bits per heavy atom. The van der Waals surface area contributed by atoms with Crippen LogP contribution >= 0.6 is 11.3 Å². The molecule has 2 heterocycles. The second kappa shape index (κ2) is 4.38. The third-order valence-electron chi connectivity index (χ3n) is 2.19. The van der Waals surface area contributed by atoms with Gasteiger partial charge in [0.1, 0.15) is 4.88 Å². The minimum atomic E-state index is -0.961. The predicted octanol–water partition coefficient (Wildman–Crippen LogP) is 0.790. The fraction of sp³-hybridized carbons (Fsp3) is 0.100. The highest BCUT2D eigenvalue weighted by Gasteiger charge is 2.12. The molecule has 2 rings (SSSR count). The molecule has 2 aromatic rings. The van der Waals surface area contributed by atoms with Gasteiger partial charge in [-0.3, -0.25) is 9.48 Å². The van der Waals surface area contributed by atoms with E-state index < -0.39 is 11.9 Å². The lowest BCUT2D eigenvalue weighted by atomic mass is 10.2. The predicted molar refractivity (Wildman–Crippen MR) is 61.1 cm³/mol. The molecular weight excluding hydrogens is 242 g/mol. The maximum absolute atomic E-state index is 10.9. The van der Waals surface area contributed by atoms with Crippen LogP contribution in [0.5, 0.6) is 0 Å². The van der Waals surface area contributed by atoms with E-state index in [0.29, 0.717) is 17.7 Å². The lowest BCUT2D eigenvalue weighted by Gasteiger charge is -2.00. The Bertz CT molecular complexity index is 573. The van der Waals surface area contributed by atoms with Gasteiger partial charge in [-0.2, -0.15) is 5.10 Å². The Morgan fingerprint density at radius 3 is 2.88 bits per heavy atom. The Labute approximate surface area is 100 Å². The highest BCUT2D eigenvalue weighted by Crippen LogP contribution is 2.17. The van der Waals surface area contributed by atoms with Crippen LogP contribution in [-0.4, -0.2) is 26.8 Å². The van der Waals surface area contributed by atoms with Gasteiger partial charge in [0, 0.05) is 6.20 Å². The average molecular weight is 251 g/mol. The molecule has 2 aromatic heterocycles. The number of nitrogens with two attached hydrogens (primary N) is 1. The van der Waals surface area contributed by atoms with Crippen molar-refractivity contribution in [1.29, 1.82) is 0 Å². The maximum atomic E-state index is 10.9. The van der Waals surface area contributed by atoms with Crippen LogP contribution in [-0.2, 0) is 6.54 Å². The number of carbonyl (C=O) groups is 2. The summed E-state index contributed by atoms with van der Waals surface area (Å²) >= 11 is 1.16. The molecule has 17 heavy (non-hydrogen) atoms. The molecule has 0 fully saturated rings. The van der Waals surface area contributed by atoms with Gasteiger partial charge in [-0.1, -0.05) is 0 Å². The molecule has 0 aliphatic rings. The molecule has 0 radical (unpaired) electrons. The first-order valence-electron chi connectivity index (χ1n) is 4.70. The quantitative estimate of drug-likeness (QED) is 0.839. The first kappa shape index (κ1) is 11.3. The molecule has 3 N–H and O–H groups in total. The van der Waals surface area contributed by atoms with E-state index in [2.05, 4.69) is 5.10 Å². The number of aromatic nitrogens is 2. The normalized spacial score (nSPS) is 10.4. The summed E-state index contributed by atoms with van der Waals surface area (Å²) in [7, 11) is 0. The number of carboxylic acid groups (broad SMARTS) is 1. The number of primary amides is 1. The summed E-state index contributed by atoms with van der Waals surface area (Å²) in [5.74, 6) is -1.52. The lowest BCUT2D eigenvalue weighted by Crippen LogP contribution is -2.10. The average Bonchev–Trinajstić information content (AvgIpc) is 2.86. The molecular formula is C10H9N3O3S. The zero-order chi connectivity index (χ0) is 12.4.